The first-order valence-electron chi connectivity index (χ1n) is 7.38. The van der Waals surface area contributed by atoms with Crippen LogP contribution in [0.2, 0.25) is 5.02 Å². The molecular formula is C15H17ClN4O3. The lowest BCUT2D eigenvalue weighted by atomic mass is 10.2. The van der Waals surface area contributed by atoms with Gasteiger partial charge in [0.25, 0.3) is 0 Å². The second kappa shape index (κ2) is 6.45. The van der Waals surface area contributed by atoms with Crippen molar-refractivity contribution in [2.75, 3.05) is 12.4 Å². The number of amides is 1. The number of halogens is 1. The molecule has 1 N–H and O–H groups in total. The monoisotopic (exact) mass is 336 g/mol. The topological polar surface area (TPSA) is 78.2 Å². The van der Waals surface area contributed by atoms with Crippen molar-refractivity contribution in [1.82, 2.24) is 14.3 Å². The van der Waals surface area contributed by atoms with E-state index in [0.29, 0.717) is 23.0 Å². The number of nitrogens with one attached hydrogen (secondary N) is 1. The third-order valence-electron chi connectivity index (χ3n) is 3.76. The van der Waals surface area contributed by atoms with Crippen LogP contribution < -0.4 is 15.7 Å². The van der Waals surface area contributed by atoms with Crippen LogP contribution in [0.4, 0.5) is 5.69 Å². The summed E-state index contributed by atoms with van der Waals surface area (Å²) < 4.78 is 7.91. The van der Waals surface area contributed by atoms with Crippen molar-refractivity contribution in [3.63, 3.8) is 0 Å². The first-order valence-corrected chi connectivity index (χ1v) is 7.76. The molecule has 1 aliphatic heterocycles. The number of aryl methyl sites for hydroxylation is 1. The number of carbonyl (C=O) groups excluding carboxylic acids is 1. The molecule has 0 radical (unpaired) electrons. The second-order valence-corrected chi connectivity index (χ2v) is 5.77. The SMILES string of the molecule is COc1ccc(NC(=O)Cn2nc3n(c2=O)CCCC3)cc1Cl. The van der Waals surface area contributed by atoms with Crippen LogP contribution in [-0.2, 0) is 24.3 Å². The summed E-state index contributed by atoms with van der Waals surface area (Å²) in [5.74, 6) is 0.952. The Labute approximate surface area is 137 Å². The van der Waals surface area contributed by atoms with Crippen molar-refractivity contribution < 1.29 is 9.53 Å². The largest absolute Gasteiger partial charge is 0.495 e. The van der Waals surface area contributed by atoms with Crippen LogP contribution in [0.1, 0.15) is 18.7 Å². The molecule has 1 amide bonds. The van der Waals surface area contributed by atoms with Crippen molar-refractivity contribution in [2.45, 2.75) is 32.4 Å². The zero-order valence-electron chi connectivity index (χ0n) is 12.7. The Morgan fingerprint density at radius 1 is 1.43 bits per heavy atom. The van der Waals surface area contributed by atoms with Gasteiger partial charge in [-0.1, -0.05) is 11.6 Å². The molecule has 3 rings (SSSR count). The van der Waals surface area contributed by atoms with E-state index in [4.69, 9.17) is 16.3 Å². The average Bonchev–Trinajstić information content (AvgIpc) is 2.84. The van der Waals surface area contributed by atoms with Crippen LogP contribution in [0.25, 0.3) is 0 Å². The standard InChI is InChI=1S/C15H17ClN4O3/c1-23-12-6-5-10(8-11(12)16)17-14(21)9-20-15(22)19-7-3-2-4-13(19)18-20/h5-6,8H,2-4,7,9H2,1H3,(H,17,21). The van der Waals surface area contributed by atoms with Crippen molar-refractivity contribution in [3.05, 3.63) is 39.5 Å². The lowest BCUT2D eigenvalue weighted by Crippen LogP contribution is -2.30. The first kappa shape index (κ1) is 15.6. The quantitative estimate of drug-likeness (QED) is 0.921. The Balaban J connectivity index is 1.71. The van der Waals surface area contributed by atoms with Gasteiger partial charge in [0.15, 0.2) is 0 Å². The van der Waals surface area contributed by atoms with Gasteiger partial charge in [-0.15, -0.1) is 0 Å². The smallest absolute Gasteiger partial charge is 0.346 e. The van der Waals surface area contributed by atoms with Crippen LogP contribution in [0.15, 0.2) is 23.0 Å². The van der Waals surface area contributed by atoms with E-state index in [1.165, 1.54) is 11.8 Å². The predicted octanol–water partition coefficient (Wildman–Crippen LogP) is 1.68. The molecule has 7 nitrogen and oxygen atoms in total. The highest BCUT2D eigenvalue weighted by Gasteiger charge is 2.18. The number of anilines is 1. The maximum atomic E-state index is 12.2. The molecule has 0 spiro atoms. The molecule has 1 aromatic carbocycles. The van der Waals surface area contributed by atoms with Crippen molar-refractivity contribution in [1.29, 1.82) is 0 Å². The van der Waals surface area contributed by atoms with Crippen LogP contribution in [0, 0.1) is 0 Å². The lowest BCUT2D eigenvalue weighted by molar-refractivity contribution is -0.117. The minimum atomic E-state index is -0.330. The molecule has 0 unspecified atom stereocenters. The number of rotatable bonds is 4. The molecule has 0 fully saturated rings. The zero-order valence-corrected chi connectivity index (χ0v) is 13.5. The van der Waals surface area contributed by atoms with E-state index in [1.54, 1.807) is 22.8 Å². The Morgan fingerprint density at radius 3 is 2.96 bits per heavy atom. The minimum Gasteiger partial charge on any atom is -0.495 e. The number of hydrogen-bond donors (Lipinski definition) is 1. The molecule has 1 aliphatic rings. The molecule has 2 aromatic rings. The van der Waals surface area contributed by atoms with Gasteiger partial charge < -0.3 is 10.1 Å². The maximum Gasteiger partial charge on any atom is 0.346 e. The third-order valence-corrected chi connectivity index (χ3v) is 4.06. The highest BCUT2D eigenvalue weighted by Crippen LogP contribution is 2.27. The normalized spacial score (nSPS) is 13.5. The molecule has 122 valence electrons. The van der Waals surface area contributed by atoms with Gasteiger partial charge in [-0.05, 0) is 31.0 Å². The summed E-state index contributed by atoms with van der Waals surface area (Å²) in [5.41, 5.74) is 0.306. The van der Waals surface area contributed by atoms with E-state index < -0.39 is 0 Å². The van der Waals surface area contributed by atoms with Crippen molar-refractivity contribution in [3.8, 4) is 5.75 Å². The van der Waals surface area contributed by atoms with Gasteiger partial charge in [0, 0.05) is 18.7 Å². The average molecular weight is 337 g/mol. The van der Waals surface area contributed by atoms with E-state index in [2.05, 4.69) is 10.4 Å². The van der Waals surface area contributed by atoms with Crippen LogP contribution >= 0.6 is 11.6 Å². The van der Waals surface area contributed by atoms with Gasteiger partial charge in [-0.3, -0.25) is 9.36 Å². The predicted molar refractivity (Wildman–Crippen MR) is 86.1 cm³/mol. The van der Waals surface area contributed by atoms with E-state index in [0.717, 1.165) is 25.1 Å². The summed E-state index contributed by atoms with van der Waals surface area (Å²) in [4.78, 5) is 24.3. The highest BCUT2D eigenvalue weighted by molar-refractivity contribution is 6.32. The molecule has 0 aliphatic carbocycles. The number of carbonyl (C=O) groups is 1. The number of hydrogen-bond acceptors (Lipinski definition) is 4. The summed E-state index contributed by atoms with van der Waals surface area (Å²) in [6.07, 6.45) is 2.76. The maximum absolute atomic E-state index is 12.2. The molecule has 8 heteroatoms. The summed E-state index contributed by atoms with van der Waals surface area (Å²) in [6, 6.07) is 4.95. The van der Waals surface area contributed by atoms with Gasteiger partial charge in [-0.2, -0.15) is 5.10 Å². The van der Waals surface area contributed by atoms with Crippen molar-refractivity contribution in [2.24, 2.45) is 0 Å². The highest BCUT2D eigenvalue weighted by atomic mass is 35.5. The van der Waals surface area contributed by atoms with E-state index in [-0.39, 0.29) is 18.1 Å². The fourth-order valence-corrected chi connectivity index (χ4v) is 2.89. The molecule has 1 aromatic heterocycles. The Kier molecular flexibility index (Phi) is 4.38. The Bertz CT molecular complexity index is 797. The summed E-state index contributed by atoms with van der Waals surface area (Å²) in [7, 11) is 1.52. The van der Waals surface area contributed by atoms with Crippen LogP contribution in [-0.4, -0.2) is 27.4 Å². The third kappa shape index (κ3) is 3.24. The van der Waals surface area contributed by atoms with Crippen LogP contribution in [0.5, 0.6) is 5.75 Å². The number of benzene rings is 1. The lowest BCUT2D eigenvalue weighted by Gasteiger charge is -2.09. The number of methoxy groups -OCH3 is 1. The van der Waals surface area contributed by atoms with Gasteiger partial charge >= 0.3 is 5.69 Å². The fraction of sp³-hybridized carbons (Fsp3) is 0.400. The fourth-order valence-electron chi connectivity index (χ4n) is 2.63. The molecular weight excluding hydrogens is 320 g/mol. The molecule has 2 heterocycles. The number of aromatic nitrogens is 3. The number of nitrogens with zero attached hydrogens (tertiary/aromatic N) is 3. The van der Waals surface area contributed by atoms with Crippen molar-refractivity contribution >= 4 is 23.2 Å². The number of fused-ring (bicyclic) bond motifs is 1. The first-order chi connectivity index (χ1) is 11.1. The van der Waals surface area contributed by atoms with E-state index in [1.807, 2.05) is 0 Å². The minimum absolute atomic E-state index is 0.123. The zero-order chi connectivity index (χ0) is 16.4. The molecule has 0 saturated carbocycles. The van der Waals surface area contributed by atoms with E-state index in [9.17, 15) is 9.59 Å². The number of ether oxygens (including phenoxy) is 1. The van der Waals surface area contributed by atoms with Gasteiger partial charge in [0.05, 0.1) is 12.1 Å². The molecule has 23 heavy (non-hydrogen) atoms. The van der Waals surface area contributed by atoms with Gasteiger partial charge in [-0.25, -0.2) is 9.48 Å². The Morgan fingerprint density at radius 2 is 2.26 bits per heavy atom. The summed E-state index contributed by atoms with van der Waals surface area (Å²) in [6.45, 7) is 0.548. The molecule has 0 bridgehead atoms. The van der Waals surface area contributed by atoms with Gasteiger partial charge in [0.1, 0.15) is 18.1 Å². The molecule has 0 atom stereocenters. The second-order valence-electron chi connectivity index (χ2n) is 5.36. The summed E-state index contributed by atoms with van der Waals surface area (Å²) in [5, 5.41) is 7.34. The van der Waals surface area contributed by atoms with E-state index >= 15 is 0 Å². The Hall–Kier alpha value is -2.28. The van der Waals surface area contributed by atoms with Crippen LogP contribution in [0.3, 0.4) is 0 Å². The summed E-state index contributed by atoms with van der Waals surface area (Å²) >= 11 is 6.02. The molecule has 0 saturated heterocycles. The van der Waals surface area contributed by atoms with Gasteiger partial charge in [0.2, 0.25) is 5.91 Å².